The number of hydrogen-bond donors (Lipinski definition) is 0. The van der Waals surface area contributed by atoms with Crippen molar-refractivity contribution in [3.8, 4) is 0 Å². The number of unbranched alkanes of at least 4 members (excludes halogenated alkanes) is 1. The Hall–Kier alpha value is -1.12. The van der Waals surface area contributed by atoms with Crippen LogP contribution in [-0.2, 0) is 14.3 Å². The molecule has 0 aliphatic carbocycles. The van der Waals surface area contributed by atoms with Crippen molar-refractivity contribution in [3.63, 3.8) is 0 Å². The van der Waals surface area contributed by atoms with Gasteiger partial charge >= 0.3 is 5.97 Å². The maximum Gasteiger partial charge on any atom is 0.305 e. The molecule has 74 valence electrons. The average Bonchev–Trinajstić information content (AvgIpc) is 2.12. The van der Waals surface area contributed by atoms with Crippen molar-refractivity contribution in [3.05, 3.63) is 12.7 Å². The third-order valence-corrected chi connectivity index (χ3v) is 1.59. The van der Waals surface area contributed by atoms with E-state index in [4.69, 9.17) is 4.74 Å². The number of ether oxygens (including phenoxy) is 1. The van der Waals surface area contributed by atoms with E-state index in [1.54, 1.807) is 6.92 Å². The predicted molar refractivity (Wildman–Crippen MR) is 50.3 cm³/mol. The molecule has 0 spiro atoms. The Morgan fingerprint density at radius 3 is 2.46 bits per heavy atom. The van der Waals surface area contributed by atoms with Crippen molar-refractivity contribution in [1.82, 2.24) is 0 Å². The van der Waals surface area contributed by atoms with E-state index in [-0.39, 0.29) is 11.8 Å². The van der Waals surface area contributed by atoms with Crippen LogP contribution in [0.25, 0.3) is 0 Å². The molecular weight excluding hydrogens is 168 g/mol. The standard InChI is InChI=1S/C10H16O3/c1-3-9(11)7-5-6-8-10(12)13-4-2/h3H,1,4-8H2,2H3. The lowest BCUT2D eigenvalue weighted by Gasteiger charge is -2.00. The lowest BCUT2D eigenvalue weighted by Crippen LogP contribution is -2.03. The largest absolute Gasteiger partial charge is 0.466 e. The van der Waals surface area contributed by atoms with E-state index in [1.165, 1.54) is 6.08 Å². The van der Waals surface area contributed by atoms with Crippen LogP contribution in [-0.4, -0.2) is 18.4 Å². The molecule has 0 aliphatic heterocycles. The molecule has 0 atom stereocenters. The van der Waals surface area contributed by atoms with Crippen LogP contribution in [0.4, 0.5) is 0 Å². The summed E-state index contributed by atoms with van der Waals surface area (Å²) in [4.78, 5) is 21.6. The molecule has 0 N–H and O–H groups in total. The van der Waals surface area contributed by atoms with Gasteiger partial charge in [0.1, 0.15) is 0 Å². The van der Waals surface area contributed by atoms with Gasteiger partial charge in [0.15, 0.2) is 5.78 Å². The maximum absolute atomic E-state index is 10.8. The first-order valence-electron chi connectivity index (χ1n) is 4.51. The predicted octanol–water partition coefficient (Wildman–Crippen LogP) is 1.86. The first-order valence-corrected chi connectivity index (χ1v) is 4.51. The second-order valence-corrected chi connectivity index (χ2v) is 2.68. The summed E-state index contributed by atoms with van der Waals surface area (Å²) in [5, 5.41) is 0. The van der Waals surface area contributed by atoms with E-state index < -0.39 is 0 Å². The van der Waals surface area contributed by atoms with Crippen molar-refractivity contribution in [2.75, 3.05) is 6.61 Å². The second-order valence-electron chi connectivity index (χ2n) is 2.68. The molecule has 3 heteroatoms. The molecule has 0 saturated carbocycles. The van der Waals surface area contributed by atoms with Gasteiger partial charge in [0.25, 0.3) is 0 Å². The van der Waals surface area contributed by atoms with Gasteiger partial charge in [-0.3, -0.25) is 9.59 Å². The zero-order valence-corrected chi connectivity index (χ0v) is 8.04. The van der Waals surface area contributed by atoms with Crippen LogP contribution in [0.2, 0.25) is 0 Å². The number of carbonyl (C=O) groups excluding carboxylic acids is 2. The molecule has 0 aromatic carbocycles. The smallest absolute Gasteiger partial charge is 0.305 e. The van der Waals surface area contributed by atoms with Gasteiger partial charge in [-0.15, -0.1) is 0 Å². The SMILES string of the molecule is C=CC(=O)CCCCC(=O)OCC. The number of hydrogen-bond acceptors (Lipinski definition) is 3. The van der Waals surface area contributed by atoms with Gasteiger partial charge in [-0.05, 0) is 25.8 Å². The molecule has 3 nitrogen and oxygen atoms in total. The van der Waals surface area contributed by atoms with Gasteiger partial charge < -0.3 is 4.74 Å². The molecule has 0 saturated heterocycles. The first-order chi connectivity index (χ1) is 6.20. The summed E-state index contributed by atoms with van der Waals surface area (Å²) in [7, 11) is 0. The van der Waals surface area contributed by atoms with Gasteiger partial charge in [-0.25, -0.2) is 0 Å². The Kier molecular flexibility index (Phi) is 6.88. The lowest BCUT2D eigenvalue weighted by atomic mass is 10.1. The molecule has 0 amide bonds. The van der Waals surface area contributed by atoms with E-state index in [1.807, 2.05) is 0 Å². The Balaban J connectivity index is 3.30. The molecule has 13 heavy (non-hydrogen) atoms. The molecule has 0 aromatic heterocycles. The normalized spacial score (nSPS) is 9.31. The number of rotatable bonds is 7. The molecule has 0 fully saturated rings. The van der Waals surface area contributed by atoms with Crippen LogP contribution in [0.1, 0.15) is 32.6 Å². The number of carbonyl (C=O) groups is 2. The maximum atomic E-state index is 10.8. The van der Waals surface area contributed by atoms with Crippen LogP contribution in [0.3, 0.4) is 0 Å². The number of ketones is 1. The minimum absolute atomic E-state index is 0.0314. The quantitative estimate of drug-likeness (QED) is 0.344. The molecular formula is C10H16O3. The Morgan fingerprint density at radius 2 is 1.92 bits per heavy atom. The van der Waals surface area contributed by atoms with Crippen molar-refractivity contribution in [2.45, 2.75) is 32.6 Å². The van der Waals surface area contributed by atoms with E-state index in [2.05, 4.69) is 6.58 Å². The second kappa shape index (κ2) is 7.53. The fourth-order valence-electron chi connectivity index (χ4n) is 0.904. The van der Waals surface area contributed by atoms with Crippen molar-refractivity contribution in [2.24, 2.45) is 0 Å². The van der Waals surface area contributed by atoms with Gasteiger partial charge in [0.05, 0.1) is 6.61 Å². The highest BCUT2D eigenvalue weighted by molar-refractivity contribution is 5.88. The monoisotopic (exact) mass is 184 g/mol. The van der Waals surface area contributed by atoms with Gasteiger partial charge in [-0.2, -0.15) is 0 Å². The summed E-state index contributed by atoms with van der Waals surface area (Å²) in [5.74, 6) is -0.155. The Bertz CT molecular complexity index is 185. The minimum atomic E-state index is -0.187. The van der Waals surface area contributed by atoms with Crippen LogP contribution in [0, 0.1) is 0 Å². The molecule has 0 radical (unpaired) electrons. The highest BCUT2D eigenvalue weighted by Crippen LogP contribution is 2.02. The molecule has 0 bridgehead atoms. The topological polar surface area (TPSA) is 43.4 Å². The minimum Gasteiger partial charge on any atom is -0.466 e. The fraction of sp³-hybridized carbons (Fsp3) is 0.600. The Morgan fingerprint density at radius 1 is 1.31 bits per heavy atom. The van der Waals surface area contributed by atoms with Gasteiger partial charge in [0, 0.05) is 12.8 Å². The van der Waals surface area contributed by atoms with Crippen LogP contribution >= 0.6 is 0 Å². The van der Waals surface area contributed by atoms with Crippen molar-refractivity contribution < 1.29 is 14.3 Å². The summed E-state index contributed by atoms with van der Waals surface area (Å²) in [6, 6.07) is 0. The molecule has 0 unspecified atom stereocenters. The van der Waals surface area contributed by atoms with Crippen molar-refractivity contribution >= 4 is 11.8 Å². The van der Waals surface area contributed by atoms with Crippen molar-refractivity contribution in [1.29, 1.82) is 0 Å². The summed E-state index contributed by atoms with van der Waals surface area (Å²) >= 11 is 0. The molecule has 0 rings (SSSR count). The summed E-state index contributed by atoms with van der Waals surface area (Å²) in [6.07, 6.45) is 3.62. The van der Waals surface area contributed by atoms with E-state index in [0.29, 0.717) is 25.9 Å². The molecule has 0 heterocycles. The highest BCUT2D eigenvalue weighted by atomic mass is 16.5. The third-order valence-electron chi connectivity index (χ3n) is 1.59. The lowest BCUT2D eigenvalue weighted by molar-refractivity contribution is -0.143. The molecule has 0 aromatic rings. The van der Waals surface area contributed by atoms with Crippen LogP contribution in [0.5, 0.6) is 0 Å². The fourth-order valence-corrected chi connectivity index (χ4v) is 0.904. The zero-order valence-electron chi connectivity index (χ0n) is 8.04. The molecule has 0 aliphatic rings. The van der Waals surface area contributed by atoms with Crippen LogP contribution < -0.4 is 0 Å². The first kappa shape index (κ1) is 11.9. The van der Waals surface area contributed by atoms with E-state index >= 15 is 0 Å². The number of esters is 1. The summed E-state index contributed by atoms with van der Waals surface area (Å²) < 4.78 is 4.73. The van der Waals surface area contributed by atoms with E-state index in [0.717, 1.165) is 6.42 Å². The third kappa shape index (κ3) is 7.25. The zero-order chi connectivity index (χ0) is 10.1. The van der Waals surface area contributed by atoms with Crippen LogP contribution in [0.15, 0.2) is 12.7 Å². The number of allylic oxidation sites excluding steroid dienone is 1. The average molecular weight is 184 g/mol. The van der Waals surface area contributed by atoms with Gasteiger partial charge in [0.2, 0.25) is 0 Å². The highest BCUT2D eigenvalue weighted by Gasteiger charge is 2.01. The van der Waals surface area contributed by atoms with Gasteiger partial charge in [-0.1, -0.05) is 6.58 Å². The van der Waals surface area contributed by atoms with E-state index in [9.17, 15) is 9.59 Å². The Labute approximate surface area is 78.8 Å². The summed E-state index contributed by atoms with van der Waals surface area (Å²) in [5.41, 5.74) is 0. The summed E-state index contributed by atoms with van der Waals surface area (Å²) in [6.45, 7) is 5.56.